The summed E-state index contributed by atoms with van der Waals surface area (Å²) >= 11 is 3.48. The van der Waals surface area contributed by atoms with Crippen molar-refractivity contribution < 1.29 is 0 Å². The predicted molar refractivity (Wildman–Crippen MR) is 85.6 cm³/mol. The van der Waals surface area contributed by atoms with Crippen molar-refractivity contribution in [3.63, 3.8) is 0 Å². The van der Waals surface area contributed by atoms with Crippen LogP contribution in [0.15, 0.2) is 34.8 Å². The number of benzene rings is 1. The van der Waals surface area contributed by atoms with Crippen LogP contribution in [0.3, 0.4) is 0 Å². The van der Waals surface area contributed by atoms with Gasteiger partial charge in [-0.3, -0.25) is 0 Å². The van der Waals surface area contributed by atoms with Gasteiger partial charge in [0.1, 0.15) is 5.82 Å². The minimum Gasteiger partial charge on any atom is -0.354 e. The maximum atomic E-state index is 4.57. The fourth-order valence-corrected chi connectivity index (χ4v) is 2.47. The average Bonchev–Trinajstić information content (AvgIpc) is 3.23. The lowest BCUT2D eigenvalue weighted by atomic mass is 10.2. The summed E-state index contributed by atoms with van der Waals surface area (Å²) < 4.78 is 1.05. The molecule has 1 heterocycles. The van der Waals surface area contributed by atoms with Crippen molar-refractivity contribution in [2.45, 2.75) is 25.7 Å². The third-order valence-corrected chi connectivity index (χ3v) is 3.67. The van der Waals surface area contributed by atoms with Crippen molar-refractivity contribution in [2.75, 3.05) is 17.2 Å². The summed E-state index contributed by atoms with van der Waals surface area (Å²) in [5.74, 6) is 2.16. The zero-order chi connectivity index (χ0) is 13.9. The van der Waals surface area contributed by atoms with Crippen LogP contribution in [0.25, 0.3) is 0 Å². The van der Waals surface area contributed by atoms with Crippen LogP contribution in [0.4, 0.5) is 17.5 Å². The van der Waals surface area contributed by atoms with Gasteiger partial charge in [0.2, 0.25) is 5.95 Å². The third-order valence-electron chi connectivity index (χ3n) is 3.17. The maximum Gasteiger partial charge on any atom is 0.224 e. The van der Waals surface area contributed by atoms with Gasteiger partial charge in [-0.1, -0.05) is 22.0 Å². The first-order chi connectivity index (χ1) is 9.74. The molecule has 2 N–H and O–H groups in total. The highest BCUT2D eigenvalue weighted by molar-refractivity contribution is 9.10. The molecule has 1 aliphatic rings. The minimum absolute atomic E-state index is 0.610. The van der Waals surface area contributed by atoms with Gasteiger partial charge in [0.05, 0.1) is 5.69 Å². The third kappa shape index (κ3) is 3.28. The SMILES string of the molecule is CCNc1nc(Nc2cccc(Br)c2)cc(C2CC2)n1. The van der Waals surface area contributed by atoms with Gasteiger partial charge in [0.15, 0.2) is 0 Å². The number of nitrogens with one attached hydrogen (secondary N) is 2. The highest BCUT2D eigenvalue weighted by Crippen LogP contribution is 2.40. The molecular weight excluding hydrogens is 316 g/mol. The smallest absolute Gasteiger partial charge is 0.224 e. The summed E-state index contributed by atoms with van der Waals surface area (Å²) in [5.41, 5.74) is 2.15. The average molecular weight is 333 g/mol. The van der Waals surface area contributed by atoms with E-state index >= 15 is 0 Å². The Hall–Kier alpha value is -1.62. The Labute approximate surface area is 127 Å². The lowest BCUT2D eigenvalue weighted by molar-refractivity contribution is 0.978. The number of hydrogen-bond donors (Lipinski definition) is 2. The number of halogens is 1. The molecule has 1 fully saturated rings. The van der Waals surface area contributed by atoms with Crippen molar-refractivity contribution in [1.82, 2.24) is 9.97 Å². The molecule has 1 aromatic heterocycles. The van der Waals surface area contributed by atoms with E-state index in [1.807, 2.05) is 24.3 Å². The summed E-state index contributed by atoms with van der Waals surface area (Å²) in [5, 5.41) is 6.54. The maximum absolute atomic E-state index is 4.57. The zero-order valence-corrected chi connectivity index (χ0v) is 12.9. The van der Waals surface area contributed by atoms with Gasteiger partial charge < -0.3 is 10.6 Å². The van der Waals surface area contributed by atoms with E-state index in [-0.39, 0.29) is 0 Å². The monoisotopic (exact) mass is 332 g/mol. The van der Waals surface area contributed by atoms with Crippen molar-refractivity contribution in [2.24, 2.45) is 0 Å². The molecule has 4 nitrogen and oxygen atoms in total. The summed E-state index contributed by atoms with van der Waals surface area (Å²) in [6.07, 6.45) is 2.47. The Morgan fingerprint density at radius 2 is 2.10 bits per heavy atom. The molecule has 0 aliphatic heterocycles. The quantitative estimate of drug-likeness (QED) is 0.857. The topological polar surface area (TPSA) is 49.8 Å². The van der Waals surface area contributed by atoms with E-state index in [0.717, 1.165) is 28.2 Å². The second kappa shape index (κ2) is 5.79. The van der Waals surface area contributed by atoms with E-state index in [4.69, 9.17) is 0 Å². The van der Waals surface area contributed by atoms with Crippen LogP contribution >= 0.6 is 15.9 Å². The van der Waals surface area contributed by atoms with Crippen LogP contribution < -0.4 is 10.6 Å². The van der Waals surface area contributed by atoms with E-state index in [9.17, 15) is 0 Å². The molecule has 5 heteroatoms. The van der Waals surface area contributed by atoms with Crippen LogP contribution in [0, 0.1) is 0 Å². The highest BCUT2D eigenvalue weighted by atomic mass is 79.9. The minimum atomic E-state index is 0.610. The Bertz CT molecular complexity index is 611. The van der Waals surface area contributed by atoms with Crippen LogP contribution in [0.2, 0.25) is 0 Å². The summed E-state index contributed by atoms with van der Waals surface area (Å²) in [4.78, 5) is 9.08. The molecule has 0 atom stereocenters. The molecule has 0 saturated heterocycles. The Morgan fingerprint density at radius 3 is 2.80 bits per heavy atom. The van der Waals surface area contributed by atoms with E-state index in [2.05, 4.69) is 49.5 Å². The molecule has 20 heavy (non-hydrogen) atoms. The molecule has 1 aromatic carbocycles. The Balaban J connectivity index is 1.87. The largest absolute Gasteiger partial charge is 0.354 e. The number of aromatic nitrogens is 2. The zero-order valence-electron chi connectivity index (χ0n) is 11.4. The fourth-order valence-electron chi connectivity index (χ4n) is 2.07. The molecular formula is C15H17BrN4. The van der Waals surface area contributed by atoms with Gasteiger partial charge in [0, 0.05) is 28.7 Å². The van der Waals surface area contributed by atoms with Crippen molar-refractivity contribution in [3.05, 3.63) is 40.5 Å². The number of rotatable bonds is 5. The Kier molecular flexibility index (Phi) is 3.87. The number of hydrogen-bond acceptors (Lipinski definition) is 4. The molecule has 1 saturated carbocycles. The van der Waals surface area contributed by atoms with Gasteiger partial charge >= 0.3 is 0 Å². The van der Waals surface area contributed by atoms with Crippen molar-refractivity contribution >= 4 is 33.4 Å². The molecule has 104 valence electrons. The first kappa shape index (κ1) is 13.4. The summed E-state index contributed by atoms with van der Waals surface area (Å²) in [7, 11) is 0. The van der Waals surface area contributed by atoms with Crippen LogP contribution in [0.1, 0.15) is 31.4 Å². The lowest BCUT2D eigenvalue weighted by Crippen LogP contribution is -2.06. The number of anilines is 3. The first-order valence-electron chi connectivity index (χ1n) is 6.90. The van der Waals surface area contributed by atoms with Crippen molar-refractivity contribution in [1.29, 1.82) is 0 Å². The molecule has 0 amide bonds. The fraction of sp³-hybridized carbons (Fsp3) is 0.333. The molecule has 3 rings (SSSR count). The second-order valence-electron chi connectivity index (χ2n) is 4.94. The molecule has 0 bridgehead atoms. The van der Waals surface area contributed by atoms with E-state index in [0.29, 0.717) is 11.9 Å². The van der Waals surface area contributed by atoms with Gasteiger partial charge in [0.25, 0.3) is 0 Å². The van der Waals surface area contributed by atoms with Crippen LogP contribution in [-0.2, 0) is 0 Å². The molecule has 0 spiro atoms. The van der Waals surface area contributed by atoms with Gasteiger partial charge in [-0.2, -0.15) is 4.98 Å². The van der Waals surface area contributed by atoms with E-state index in [1.54, 1.807) is 0 Å². The molecule has 0 radical (unpaired) electrons. The van der Waals surface area contributed by atoms with Gasteiger partial charge in [-0.15, -0.1) is 0 Å². The van der Waals surface area contributed by atoms with Crippen LogP contribution in [0.5, 0.6) is 0 Å². The van der Waals surface area contributed by atoms with E-state index in [1.165, 1.54) is 12.8 Å². The Morgan fingerprint density at radius 1 is 1.25 bits per heavy atom. The molecule has 1 aliphatic carbocycles. The molecule has 2 aromatic rings. The lowest BCUT2D eigenvalue weighted by Gasteiger charge is -2.10. The molecule has 0 unspecified atom stereocenters. The van der Waals surface area contributed by atoms with Crippen molar-refractivity contribution in [3.8, 4) is 0 Å². The van der Waals surface area contributed by atoms with Gasteiger partial charge in [-0.25, -0.2) is 4.98 Å². The standard InChI is InChI=1S/C15H17BrN4/c1-2-17-15-19-13(10-6-7-10)9-14(20-15)18-12-5-3-4-11(16)8-12/h3-5,8-10H,2,6-7H2,1H3,(H2,17,18,19,20). The van der Waals surface area contributed by atoms with Crippen LogP contribution in [-0.4, -0.2) is 16.5 Å². The van der Waals surface area contributed by atoms with E-state index < -0.39 is 0 Å². The summed E-state index contributed by atoms with van der Waals surface area (Å²) in [6.45, 7) is 2.87. The predicted octanol–water partition coefficient (Wildman–Crippen LogP) is 4.29. The normalized spacial score (nSPS) is 14.1. The summed E-state index contributed by atoms with van der Waals surface area (Å²) in [6, 6.07) is 10.1. The highest BCUT2D eigenvalue weighted by Gasteiger charge is 2.26. The second-order valence-corrected chi connectivity index (χ2v) is 5.86. The van der Waals surface area contributed by atoms with Gasteiger partial charge in [-0.05, 0) is 38.0 Å². The number of nitrogens with zero attached hydrogens (tertiary/aromatic N) is 2. The first-order valence-corrected chi connectivity index (χ1v) is 7.69.